The fraction of sp³-hybridized carbons (Fsp3) is 0.222. The van der Waals surface area contributed by atoms with Gasteiger partial charge in [0.05, 0.1) is 0 Å². The van der Waals surface area contributed by atoms with Crippen LogP contribution in [-0.2, 0) is 0 Å². The first-order valence-corrected chi connectivity index (χ1v) is 3.95. The van der Waals surface area contributed by atoms with Gasteiger partial charge in [0.25, 0.3) is 0 Å². The van der Waals surface area contributed by atoms with Crippen molar-refractivity contribution in [2.75, 3.05) is 12.4 Å². The minimum Gasteiger partial charge on any atom is -0.307 e. The molecule has 4 nitrogen and oxygen atoms in total. The Morgan fingerprint density at radius 2 is 1.92 bits per heavy atom. The quantitative estimate of drug-likeness (QED) is 0.388. The maximum absolute atomic E-state index is 11.1. The van der Waals surface area contributed by atoms with Crippen molar-refractivity contribution in [1.82, 2.24) is 5.01 Å². The molecule has 1 rings (SSSR count). The molecule has 13 heavy (non-hydrogen) atoms. The number of hydrogen-bond donors (Lipinski definition) is 2. The number of nitrogens with zero attached hydrogens (tertiary/aromatic N) is 1. The van der Waals surface area contributed by atoms with Crippen LogP contribution in [0.1, 0.15) is 5.56 Å². The number of amides is 2. The van der Waals surface area contributed by atoms with E-state index >= 15 is 0 Å². The fourth-order valence-electron chi connectivity index (χ4n) is 0.849. The Hall–Kier alpha value is -1.55. The van der Waals surface area contributed by atoms with Gasteiger partial charge in [-0.15, -0.1) is 0 Å². The molecule has 2 amide bonds. The zero-order chi connectivity index (χ0) is 9.84. The van der Waals surface area contributed by atoms with E-state index in [0.717, 1.165) is 16.3 Å². The number of nitrogens with two attached hydrogens (primary N) is 1. The summed E-state index contributed by atoms with van der Waals surface area (Å²) in [5, 5.41) is 3.63. The van der Waals surface area contributed by atoms with Crippen LogP contribution in [0, 0.1) is 6.92 Å². The number of carbonyl (C=O) groups excluding carboxylic acids is 1. The van der Waals surface area contributed by atoms with E-state index in [0.29, 0.717) is 0 Å². The number of carbonyl (C=O) groups is 1. The third-order valence-corrected chi connectivity index (χ3v) is 1.62. The molecule has 0 saturated carbocycles. The van der Waals surface area contributed by atoms with Gasteiger partial charge in [-0.2, -0.15) is 0 Å². The van der Waals surface area contributed by atoms with Crippen molar-refractivity contribution in [1.29, 1.82) is 0 Å². The van der Waals surface area contributed by atoms with Gasteiger partial charge < -0.3 is 5.32 Å². The number of aryl methyl sites for hydroxylation is 1. The molecular formula is C9H13N3O. The van der Waals surface area contributed by atoms with E-state index in [9.17, 15) is 4.79 Å². The van der Waals surface area contributed by atoms with Crippen LogP contribution in [0.5, 0.6) is 0 Å². The Morgan fingerprint density at radius 1 is 1.38 bits per heavy atom. The summed E-state index contributed by atoms with van der Waals surface area (Å²) in [6.45, 7) is 1.99. The van der Waals surface area contributed by atoms with E-state index in [4.69, 9.17) is 5.84 Å². The summed E-state index contributed by atoms with van der Waals surface area (Å²) in [5.41, 5.74) is 1.90. The molecule has 1 aromatic carbocycles. The number of rotatable bonds is 1. The van der Waals surface area contributed by atoms with Gasteiger partial charge >= 0.3 is 6.03 Å². The third kappa shape index (κ3) is 2.76. The van der Waals surface area contributed by atoms with Crippen molar-refractivity contribution in [2.24, 2.45) is 5.84 Å². The SMILES string of the molecule is Cc1ccc(NC(=O)N(C)N)cc1. The van der Waals surface area contributed by atoms with Crippen LogP contribution in [0.2, 0.25) is 0 Å². The third-order valence-electron chi connectivity index (χ3n) is 1.62. The van der Waals surface area contributed by atoms with E-state index in [-0.39, 0.29) is 6.03 Å². The van der Waals surface area contributed by atoms with Crippen LogP contribution in [-0.4, -0.2) is 18.1 Å². The topological polar surface area (TPSA) is 58.4 Å². The van der Waals surface area contributed by atoms with Crippen molar-refractivity contribution in [3.8, 4) is 0 Å². The van der Waals surface area contributed by atoms with Gasteiger partial charge in [0.15, 0.2) is 0 Å². The van der Waals surface area contributed by atoms with Crippen molar-refractivity contribution >= 4 is 11.7 Å². The maximum Gasteiger partial charge on any atom is 0.335 e. The summed E-state index contributed by atoms with van der Waals surface area (Å²) in [7, 11) is 1.49. The summed E-state index contributed by atoms with van der Waals surface area (Å²) in [5.74, 6) is 5.23. The Kier molecular flexibility index (Phi) is 2.87. The minimum atomic E-state index is -0.330. The molecule has 70 valence electrons. The van der Waals surface area contributed by atoms with Crippen LogP contribution in [0.3, 0.4) is 0 Å². The van der Waals surface area contributed by atoms with E-state index < -0.39 is 0 Å². The summed E-state index contributed by atoms with van der Waals surface area (Å²) in [6, 6.07) is 7.18. The minimum absolute atomic E-state index is 0.330. The second-order valence-electron chi connectivity index (χ2n) is 2.91. The van der Waals surface area contributed by atoms with E-state index in [2.05, 4.69) is 5.32 Å². The number of anilines is 1. The molecule has 3 N–H and O–H groups in total. The standard InChI is InChI=1S/C9H13N3O/c1-7-3-5-8(6-4-7)11-9(13)12(2)10/h3-6H,10H2,1-2H3,(H,11,13). The Balaban J connectivity index is 2.65. The molecule has 1 aromatic rings. The molecule has 0 bridgehead atoms. The molecule has 0 radical (unpaired) electrons. The molecule has 0 aliphatic heterocycles. The van der Waals surface area contributed by atoms with Crippen LogP contribution in [0.15, 0.2) is 24.3 Å². The first-order valence-electron chi connectivity index (χ1n) is 3.95. The zero-order valence-electron chi connectivity index (χ0n) is 7.74. The largest absolute Gasteiger partial charge is 0.335 e. The summed E-state index contributed by atoms with van der Waals surface area (Å²) >= 11 is 0. The predicted molar refractivity (Wildman–Crippen MR) is 52.1 cm³/mol. The van der Waals surface area contributed by atoms with Crippen molar-refractivity contribution in [3.05, 3.63) is 29.8 Å². The molecule has 0 fully saturated rings. The molecule has 0 aliphatic carbocycles. The van der Waals surface area contributed by atoms with Crippen LogP contribution in [0.4, 0.5) is 10.5 Å². The molecule has 0 aromatic heterocycles. The maximum atomic E-state index is 11.1. The summed E-state index contributed by atoms with van der Waals surface area (Å²) in [4.78, 5) is 11.1. The highest BCUT2D eigenvalue weighted by atomic mass is 16.2. The normalized spacial score (nSPS) is 9.46. The van der Waals surface area contributed by atoms with E-state index in [1.54, 1.807) is 0 Å². The lowest BCUT2D eigenvalue weighted by atomic mass is 10.2. The monoisotopic (exact) mass is 179 g/mol. The number of nitrogens with one attached hydrogen (secondary N) is 1. The van der Waals surface area contributed by atoms with Crippen LogP contribution >= 0.6 is 0 Å². The average molecular weight is 179 g/mol. The molecule has 0 spiro atoms. The van der Waals surface area contributed by atoms with Crippen LogP contribution < -0.4 is 11.2 Å². The molecular weight excluding hydrogens is 166 g/mol. The van der Waals surface area contributed by atoms with Gasteiger partial charge in [-0.05, 0) is 19.1 Å². The Labute approximate surface area is 77.3 Å². The first kappa shape index (κ1) is 9.54. The van der Waals surface area contributed by atoms with Crippen molar-refractivity contribution in [3.63, 3.8) is 0 Å². The molecule has 0 heterocycles. The van der Waals surface area contributed by atoms with E-state index in [1.165, 1.54) is 7.05 Å². The van der Waals surface area contributed by atoms with Gasteiger partial charge in [-0.25, -0.2) is 10.6 Å². The van der Waals surface area contributed by atoms with Gasteiger partial charge in [0, 0.05) is 12.7 Å². The second kappa shape index (κ2) is 3.91. The molecule has 0 atom stereocenters. The first-order chi connectivity index (χ1) is 6.09. The lowest BCUT2D eigenvalue weighted by molar-refractivity contribution is 0.223. The zero-order valence-corrected chi connectivity index (χ0v) is 7.74. The van der Waals surface area contributed by atoms with Crippen molar-refractivity contribution in [2.45, 2.75) is 6.92 Å². The van der Waals surface area contributed by atoms with Gasteiger partial charge in [0.1, 0.15) is 0 Å². The highest BCUT2D eigenvalue weighted by Gasteiger charge is 2.02. The number of benzene rings is 1. The molecule has 0 unspecified atom stereocenters. The Morgan fingerprint density at radius 3 is 2.38 bits per heavy atom. The fourth-order valence-corrected chi connectivity index (χ4v) is 0.849. The number of urea groups is 1. The molecule has 4 heteroatoms. The van der Waals surface area contributed by atoms with Gasteiger partial charge in [0.2, 0.25) is 0 Å². The molecule has 0 saturated heterocycles. The summed E-state index contributed by atoms with van der Waals surface area (Å²) in [6.07, 6.45) is 0. The van der Waals surface area contributed by atoms with Gasteiger partial charge in [-0.1, -0.05) is 17.7 Å². The lowest BCUT2D eigenvalue weighted by Gasteiger charge is -2.11. The highest BCUT2D eigenvalue weighted by Crippen LogP contribution is 2.08. The number of hydrazine groups is 1. The van der Waals surface area contributed by atoms with Crippen LogP contribution in [0.25, 0.3) is 0 Å². The van der Waals surface area contributed by atoms with Crippen molar-refractivity contribution < 1.29 is 4.79 Å². The number of hydrogen-bond acceptors (Lipinski definition) is 2. The lowest BCUT2D eigenvalue weighted by Crippen LogP contribution is -2.36. The summed E-state index contributed by atoms with van der Waals surface area (Å²) < 4.78 is 0. The highest BCUT2D eigenvalue weighted by molar-refractivity contribution is 5.88. The molecule has 0 aliphatic rings. The predicted octanol–water partition coefficient (Wildman–Crippen LogP) is 1.33. The van der Waals surface area contributed by atoms with Gasteiger partial charge in [-0.3, -0.25) is 5.01 Å². The average Bonchev–Trinajstić information content (AvgIpc) is 2.08. The smallest absolute Gasteiger partial charge is 0.307 e. The van der Waals surface area contributed by atoms with E-state index in [1.807, 2.05) is 31.2 Å². The Bertz CT molecular complexity index is 292. The second-order valence-corrected chi connectivity index (χ2v) is 2.91.